The minimum Gasteiger partial charge on any atom is -0.313 e. The third kappa shape index (κ3) is 2.83. The van der Waals surface area contributed by atoms with Crippen LogP contribution in [0.15, 0.2) is 0 Å². The number of hydrogen-bond donors (Lipinski definition) is 2. The van der Waals surface area contributed by atoms with Gasteiger partial charge in [-0.2, -0.15) is 8.42 Å². The van der Waals surface area contributed by atoms with E-state index in [9.17, 15) is 8.42 Å². The normalized spacial score (nSPS) is 42.5. The van der Waals surface area contributed by atoms with Gasteiger partial charge in [0.05, 0.1) is 5.25 Å². The van der Waals surface area contributed by atoms with Gasteiger partial charge >= 0.3 is 0 Å². The molecule has 0 saturated heterocycles. The Morgan fingerprint density at radius 1 is 1.11 bits per heavy atom. The zero-order valence-electron chi connectivity index (χ0n) is 11.6. The highest BCUT2D eigenvalue weighted by Gasteiger charge is 2.47. The van der Waals surface area contributed by atoms with Crippen LogP contribution in [-0.4, -0.2) is 30.8 Å². The van der Waals surface area contributed by atoms with E-state index in [-0.39, 0.29) is 0 Å². The first-order valence-corrected chi connectivity index (χ1v) is 9.13. The predicted molar refractivity (Wildman–Crippen MR) is 74.5 cm³/mol. The Balaban J connectivity index is 1.51. The Kier molecular flexibility index (Phi) is 3.65. The standard InChI is InChI=1S/C14H25NO3S/c1-9(19(16,17)18)2-3-15-14-12-5-10-4-11(7-12)8-13(14)6-10/h9-15H,2-8H2,1H3,(H,16,17,18)/t9?,10-,11?,12-,13?,14?/m0/s1. The Bertz CT molecular complexity index is 406. The number of nitrogens with one attached hydrogen (secondary N) is 1. The van der Waals surface area contributed by atoms with Crippen LogP contribution in [0.1, 0.15) is 45.4 Å². The quantitative estimate of drug-likeness (QED) is 0.760. The van der Waals surface area contributed by atoms with Crippen LogP contribution in [0.5, 0.6) is 0 Å². The number of rotatable bonds is 5. The summed E-state index contributed by atoms with van der Waals surface area (Å²) >= 11 is 0. The van der Waals surface area contributed by atoms with Crippen molar-refractivity contribution in [2.45, 2.75) is 56.7 Å². The average molecular weight is 287 g/mol. The van der Waals surface area contributed by atoms with Crippen molar-refractivity contribution < 1.29 is 13.0 Å². The van der Waals surface area contributed by atoms with Gasteiger partial charge in [0.1, 0.15) is 0 Å². The molecule has 1 unspecified atom stereocenters. The first-order chi connectivity index (χ1) is 8.93. The van der Waals surface area contributed by atoms with Crippen molar-refractivity contribution in [2.24, 2.45) is 23.7 Å². The molecular weight excluding hydrogens is 262 g/mol. The zero-order valence-corrected chi connectivity index (χ0v) is 12.4. The number of hydrogen-bond acceptors (Lipinski definition) is 3. The molecular formula is C14H25NO3S. The van der Waals surface area contributed by atoms with Crippen molar-refractivity contribution in [3.63, 3.8) is 0 Å². The molecule has 1 atom stereocenters. The van der Waals surface area contributed by atoms with Crippen LogP contribution in [0.25, 0.3) is 0 Å². The molecule has 0 amide bonds. The van der Waals surface area contributed by atoms with Crippen LogP contribution in [-0.2, 0) is 10.1 Å². The van der Waals surface area contributed by atoms with Crippen molar-refractivity contribution in [1.29, 1.82) is 0 Å². The molecule has 0 heterocycles. The van der Waals surface area contributed by atoms with Crippen LogP contribution < -0.4 is 5.32 Å². The molecule has 0 aromatic carbocycles. The molecule has 110 valence electrons. The second-order valence-corrected chi connectivity index (χ2v) is 8.86. The summed E-state index contributed by atoms with van der Waals surface area (Å²) in [4.78, 5) is 0. The molecule has 0 spiro atoms. The van der Waals surface area contributed by atoms with E-state index in [4.69, 9.17) is 4.55 Å². The first kappa shape index (κ1) is 13.8. The molecule has 4 saturated carbocycles. The second-order valence-electron chi connectivity index (χ2n) is 7.02. The summed E-state index contributed by atoms with van der Waals surface area (Å²) in [5.41, 5.74) is 0. The fourth-order valence-corrected chi connectivity index (χ4v) is 5.28. The Morgan fingerprint density at radius 2 is 1.63 bits per heavy atom. The largest absolute Gasteiger partial charge is 0.313 e. The molecule has 4 nitrogen and oxygen atoms in total. The van der Waals surface area contributed by atoms with E-state index in [2.05, 4.69) is 5.32 Å². The van der Waals surface area contributed by atoms with Crippen LogP contribution >= 0.6 is 0 Å². The van der Waals surface area contributed by atoms with E-state index in [0.717, 1.165) is 23.7 Å². The maximum Gasteiger partial charge on any atom is 0.267 e. The van der Waals surface area contributed by atoms with E-state index in [1.165, 1.54) is 32.1 Å². The smallest absolute Gasteiger partial charge is 0.267 e. The Labute approximate surface area is 116 Å². The molecule has 2 N–H and O–H groups in total. The van der Waals surface area contributed by atoms with Crippen molar-refractivity contribution in [3.8, 4) is 0 Å². The summed E-state index contributed by atoms with van der Waals surface area (Å²) in [6.45, 7) is 2.28. The molecule has 4 bridgehead atoms. The fraction of sp³-hybridized carbons (Fsp3) is 1.00. The molecule has 4 aliphatic rings. The molecule has 0 radical (unpaired) electrons. The van der Waals surface area contributed by atoms with Crippen LogP contribution in [0.3, 0.4) is 0 Å². The summed E-state index contributed by atoms with van der Waals surface area (Å²) in [6, 6.07) is 0.599. The highest BCUT2D eigenvalue weighted by Crippen LogP contribution is 2.53. The predicted octanol–water partition coefficient (Wildman–Crippen LogP) is 2.07. The summed E-state index contributed by atoms with van der Waals surface area (Å²) in [6.07, 6.45) is 7.45. The van der Waals surface area contributed by atoms with Gasteiger partial charge in [-0.05, 0) is 75.7 Å². The van der Waals surface area contributed by atoms with E-state index in [0.29, 0.717) is 19.0 Å². The highest BCUT2D eigenvalue weighted by molar-refractivity contribution is 7.86. The van der Waals surface area contributed by atoms with Gasteiger partial charge in [0.25, 0.3) is 10.1 Å². The van der Waals surface area contributed by atoms with Gasteiger partial charge in [-0.25, -0.2) is 0 Å². The molecule has 19 heavy (non-hydrogen) atoms. The SMILES string of the molecule is CC(CCNC1C2CC3C[C@H](C2)C[C@H]1C3)S(=O)(=O)O. The average Bonchev–Trinajstić information content (AvgIpc) is 2.30. The maximum absolute atomic E-state index is 11.0. The Morgan fingerprint density at radius 3 is 2.11 bits per heavy atom. The van der Waals surface area contributed by atoms with E-state index < -0.39 is 15.4 Å². The summed E-state index contributed by atoms with van der Waals surface area (Å²) in [7, 11) is -3.87. The maximum atomic E-state index is 11.0. The lowest BCUT2D eigenvalue weighted by atomic mass is 9.54. The molecule has 0 aromatic heterocycles. The molecule has 5 heteroatoms. The van der Waals surface area contributed by atoms with Gasteiger partial charge in [-0.3, -0.25) is 4.55 Å². The lowest BCUT2D eigenvalue weighted by Gasteiger charge is -2.54. The van der Waals surface area contributed by atoms with E-state index in [1.807, 2.05) is 0 Å². The van der Waals surface area contributed by atoms with Crippen LogP contribution in [0.2, 0.25) is 0 Å². The third-order valence-corrected chi connectivity index (χ3v) is 6.92. The molecule has 4 aliphatic carbocycles. The molecule has 0 aliphatic heterocycles. The van der Waals surface area contributed by atoms with Crippen molar-refractivity contribution in [1.82, 2.24) is 5.32 Å². The lowest BCUT2D eigenvalue weighted by Crippen LogP contribution is -2.54. The second kappa shape index (κ2) is 5.01. The highest BCUT2D eigenvalue weighted by atomic mass is 32.2. The van der Waals surface area contributed by atoms with Gasteiger partial charge in [0, 0.05) is 6.04 Å². The monoisotopic (exact) mass is 287 g/mol. The van der Waals surface area contributed by atoms with Gasteiger partial charge < -0.3 is 5.32 Å². The molecule has 0 aromatic rings. The summed E-state index contributed by atoms with van der Waals surface area (Å²) in [5, 5.41) is 2.94. The zero-order chi connectivity index (χ0) is 13.6. The van der Waals surface area contributed by atoms with Gasteiger partial charge in [0.15, 0.2) is 0 Å². The van der Waals surface area contributed by atoms with E-state index >= 15 is 0 Å². The molecule has 4 fully saturated rings. The van der Waals surface area contributed by atoms with Gasteiger partial charge in [-0.1, -0.05) is 0 Å². The minimum absolute atomic E-state index is 0.502. The first-order valence-electron chi connectivity index (χ1n) is 7.63. The molecule has 4 rings (SSSR count). The van der Waals surface area contributed by atoms with Crippen LogP contribution in [0, 0.1) is 23.7 Å². The van der Waals surface area contributed by atoms with E-state index in [1.54, 1.807) is 6.92 Å². The van der Waals surface area contributed by atoms with Crippen molar-refractivity contribution in [2.75, 3.05) is 6.54 Å². The summed E-state index contributed by atoms with van der Waals surface area (Å²) < 4.78 is 30.9. The van der Waals surface area contributed by atoms with Gasteiger partial charge in [0.2, 0.25) is 0 Å². The Hall–Kier alpha value is -0.130. The van der Waals surface area contributed by atoms with Gasteiger partial charge in [-0.15, -0.1) is 0 Å². The minimum atomic E-state index is -3.87. The van der Waals surface area contributed by atoms with Crippen LogP contribution in [0.4, 0.5) is 0 Å². The lowest BCUT2D eigenvalue weighted by molar-refractivity contribution is -0.0135. The third-order valence-electron chi connectivity index (χ3n) is 5.67. The topological polar surface area (TPSA) is 66.4 Å². The summed E-state index contributed by atoms with van der Waals surface area (Å²) in [5.74, 6) is 3.57. The fourth-order valence-electron chi connectivity index (χ4n) is 4.86. The van der Waals surface area contributed by atoms with Crippen molar-refractivity contribution >= 4 is 10.1 Å². The van der Waals surface area contributed by atoms with Crippen molar-refractivity contribution in [3.05, 3.63) is 0 Å².